The Bertz CT molecular complexity index is 528. The first-order valence-electron chi connectivity index (χ1n) is 5.87. The molecule has 1 aromatic heterocycles. The van der Waals surface area contributed by atoms with Crippen LogP contribution < -0.4 is 0 Å². The molecule has 3 heteroatoms. The van der Waals surface area contributed by atoms with E-state index in [2.05, 4.69) is 6.92 Å². The lowest BCUT2D eigenvalue weighted by Crippen LogP contribution is -2.28. The van der Waals surface area contributed by atoms with E-state index in [1.165, 1.54) is 0 Å². The van der Waals surface area contributed by atoms with Crippen LogP contribution in [0, 0.1) is 5.92 Å². The second-order valence-electron chi connectivity index (χ2n) is 4.75. The van der Waals surface area contributed by atoms with Gasteiger partial charge in [-0.25, -0.2) is 0 Å². The van der Waals surface area contributed by atoms with Gasteiger partial charge in [0.25, 0.3) is 0 Å². The van der Waals surface area contributed by atoms with Gasteiger partial charge in [-0.3, -0.25) is 0 Å². The van der Waals surface area contributed by atoms with Gasteiger partial charge < -0.3 is 9.52 Å². The lowest BCUT2D eigenvalue weighted by atomic mass is 9.86. The predicted octanol–water partition coefficient (Wildman–Crippen LogP) is 4.34. The van der Waals surface area contributed by atoms with Gasteiger partial charge in [-0.15, -0.1) is 0 Å². The summed E-state index contributed by atoms with van der Waals surface area (Å²) in [7, 11) is 0. The first-order valence-corrected chi connectivity index (χ1v) is 6.25. The molecule has 2 aromatic rings. The second-order valence-corrected chi connectivity index (χ2v) is 5.19. The van der Waals surface area contributed by atoms with Crippen LogP contribution in [-0.2, 0) is 5.60 Å². The van der Waals surface area contributed by atoms with Crippen molar-refractivity contribution in [3.05, 3.63) is 35.0 Å². The van der Waals surface area contributed by atoms with Crippen LogP contribution in [0.5, 0.6) is 0 Å². The summed E-state index contributed by atoms with van der Waals surface area (Å²) in [6.45, 7) is 5.86. The first-order chi connectivity index (χ1) is 7.95. The van der Waals surface area contributed by atoms with Gasteiger partial charge in [-0.1, -0.05) is 31.9 Å². The highest BCUT2D eigenvalue weighted by Crippen LogP contribution is 2.35. The Balaban J connectivity index is 2.49. The van der Waals surface area contributed by atoms with Crippen molar-refractivity contribution >= 4 is 22.6 Å². The molecule has 0 aliphatic rings. The Morgan fingerprint density at radius 1 is 1.41 bits per heavy atom. The zero-order chi connectivity index (χ0) is 12.6. The van der Waals surface area contributed by atoms with Crippen molar-refractivity contribution in [3.63, 3.8) is 0 Å². The summed E-state index contributed by atoms with van der Waals surface area (Å²) in [4.78, 5) is 0. The first kappa shape index (κ1) is 12.5. The number of fused-ring (bicyclic) bond motifs is 1. The van der Waals surface area contributed by atoms with Gasteiger partial charge in [0.15, 0.2) is 0 Å². The van der Waals surface area contributed by atoms with E-state index in [1.807, 2.05) is 25.1 Å². The maximum atomic E-state index is 10.5. The van der Waals surface area contributed by atoms with Crippen molar-refractivity contribution in [1.29, 1.82) is 0 Å². The van der Waals surface area contributed by atoms with Gasteiger partial charge >= 0.3 is 0 Å². The summed E-state index contributed by atoms with van der Waals surface area (Å²) < 4.78 is 5.70. The van der Waals surface area contributed by atoms with E-state index in [0.717, 1.165) is 17.4 Å². The third kappa shape index (κ3) is 2.20. The van der Waals surface area contributed by atoms with Crippen LogP contribution in [0.2, 0.25) is 5.02 Å². The van der Waals surface area contributed by atoms with Crippen LogP contribution in [0.3, 0.4) is 0 Å². The number of aliphatic hydroxyl groups is 1. The molecule has 0 radical (unpaired) electrons. The minimum Gasteiger partial charge on any atom is -0.458 e. The largest absolute Gasteiger partial charge is 0.458 e. The van der Waals surface area contributed by atoms with E-state index in [1.54, 1.807) is 13.0 Å². The zero-order valence-corrected chi connectivity index (χ0v) is 11.1. The molecule has 1 N–H and O–H groups in total. The number of hydrogen-bond acceptors (Lipinski definition) is 2. The summed E-state index contributed by atoms with van der Waals surface area (Å²) in [5.41, 5.74) is -0.187. The third-order valence-corrected chi connectivity index (χ3v) is 3.78. The second kappa shape index (κ2) is 4.35. The van der Waals surface area contributed by atoms with Crippen LogP contribution in [0.1, 0.15) is 33.0 Å². The molecule has 0 spiro atoms. The fourth-order valence-electron chi connectivity index (χ4n) is 1.90. The van der Waals surface area contributed by atoms with E-state index in [0.29, 0.717) is 10.8 Å². The fraction of sp³-hybridized carbons (Fsp3) is 0.429. The summed E-state index contributed by atoms with van der Waals surface area (Å²) in [6.07, 6.45) is 0.894. The van der Waals surface area contributed by atoms with Crippen molar-refractivity contribution in [2.24, 2.45) is 5.92 Å². The quantitative estimate of drug-likeness (QED) is 0.882. The smallest absolute Gasteiger partial charge is 0.136 e. The summed E-state index contributed by atoms with van der Waals surface area (Å²) in [5, 5.41) is 12.1. The van der Waals surface area contributed by atoms with Crippen molar-refractivity contribution < 1.29 is 9.52 Å². The molecule has 0 amide bonds. The van der Waals surface area contributed by atoms with Gasteiger partial charge in [0.05, 0.1) is 0 Å². The number of furan rings is 1. The Kier molecular flexibility index (Phi) is 3.19. The van der Waals surface area contributed by atoms with E-state index in [4.69, 9.17) is 16.0 Å². The molecule has 2 rings (SSSR count). The number of rotatable bonds is 3. The molecule has 1 heterocycles. The van der Waals surface area contributed by atoms with Gasteiger partial charge in [-0.2, -0.15) is 0 Å². The average Bonchev–Trinajstić information content (AvgIpc) is 2.71. The predicted molar refractivity (Wildman–Crippen MR) is 70.2 cm³/mol. The topological polar surface area (TPSA) is 33.4 Å². The van der Waals surface area contributed by atoms with Crippen molar-refractivity contribution in [1.82, 2.24) is 0 Å². The Hall–Kier alpha value is -0.990. The fourth-order valence-corrected chi connectivity index (χ4v) is 2.08. The average molecular weight is 253 g/mol. The summed E-state index contributed by atoms with van der Waals surface area (Å²) in [6, 6.07) is 7.33. The molecule has 0 bridgehead atoms. The minimum atomic E-state index is -0.944. The SMILES string of the molecule is CCC(C)C(C)(O)c1cc2cc(Cl)ccc2o1. The van der Waals surface area contributed by atoms with E-state index < -0.39 is 5.60 Å². The van der Waals surface area contributed by atoms with Crippen LogP contribution in [0.25, 0.3) is 11.0 Å². The number of hydrogen-bond donors (Lipinski definition) is 1. The maximum Gasteiger partial charge on any atom is 0.136 e. The number of benzene rings is 1. The minimum absolute atomic E-state index is 0.138. The molecule has 0 aliphatic heterocycles. The van der Waals surface area contributed by atoms with Crippen LogP contribution in [0.15, 0.2) is 28.7 Å². The van der Waals surface area contributed by atoms with Crippen LogP contribution >= 0.6 is 11.6 Å². The zero-order valence-electron chi connectivity index (χ0n) is 10.3. The molecule has 2 unspecified atom stereocenters. The van der Waals surface area contributed by atoms with Gasteiger partial charge in [0.1, 0.15) is 16.9 Å². The Labute approximate surface area is 106 Å². The van der Waals surface area contributed by atoms with Crippen LogP contribution in [-0.4, -0.2) is 5.11 Å². The monoisotopic (exact) mass is 252 g/mol. The molecular weight excluding hydrogens is 236 g/mol. The van der Waals surface area contributed by atoms with E-state index in [9.17, 15) is 5.11 Å². The molecule has 92 valence electrons. The third-order valence-electron chi connectivity index (χ3n) is 3.55. The van der Waals surface area contributed by atoms with Crippen molar-refractivity contribution in [2.45, 2.75) is 32.8 Å². The van der Waals surface area contributed by atoms with E-state index >= 15 is 0 Å². The molecule has 0 saturated carbocycles. The summed E-state index contributed by atoms with van der Waals surface area (Å²) in [5.74, 6) is 0.739. The van der Waals surface area contributed by atoms with Crippen LogP contribution in [0.4, 0.5) is 0 Å². The van der Waals surface area contributed by atoms with Gasteiger partial charge in [0, 0.05) is 10.4 Å². The molecule has 2 nitrogen and oxygen atoms in total. The van der Waals surface area contributed by atoms with Gasteiger partial charge in [-0.05, 0) is 37.1 Å². The maximum absolute atomic E-state index is 10.5. The Morgan fingerprint density at radius 3 is 2.76 bits per heavy atom. The summed E-state index contributed by atoms with van der Waals surface area (Å²) >= 11 is 5.93. The molecule has 0 aliphatic carbocycles. The van der Waals surface area contributed by atoms with E-state index in [-0.39, 0.29) is 5.92 Å². The molecule has 17 heavy (non-hydrogen) atoms. The molecule has 1 aromatic carbocycles. The highest BCUT2D eigenvalue weighted by Gasteiger charge is 2.32. The molecule has 2 atom stereocenters. The van der Waals surface area contributed by atoms with Crippen molar-refractivity contribution in [2.75, 3.05) is 0 Å². The van der Waals surface area contributed by atoms with Gasteiger partial charge in [0.2, 0.25) is 0 Å². The van der Waals surface area contributed by atoms with Crippen molar-refractivity contribution in [3.8, 4) is 0 Å². The lowest BCUT2D eigenvalue weighted by Gasteiger charge is -2.27. The number of halogens is 1. The Morgan fingerprint density at radius 2 is 2.12 bits per heavy atom. The normalized spacial score (nSPS) is 17.0. The standard InChI is InChI=1S/C14H17ClO2/c1-4-9(2)14(3,16)13-8-10-7-11(15)5-6-12(10)17-13/h5-9,16H,4H2,1-3H3. The highest BCUT2D eigenvalue weighted by atomic mass is 35.5. The highest BCUT2D eigenvalue weighted by molar-refractivity contribution is 6.31. The molecule has 0 saturated heterocycles. The molecular formula is C14H17ClO2. The molecule has 0 fully saturated rings. The lowest BCUT2D eigenvalue weighted by molar-refractivity contribution is -0.0182.